The van der Waals surface area contributed by atoms with Gasteiger partial charge in [0, 0.05) is 52.0 Å². The summed E-state index contributed by atoms with van der Waals surface area (Å²) in [5.74, 6) is -6.99. The summed E-state index contributed by atoms with van der Waals surface area (Å²) >= 11 is 0. The smallest absolute Gasteiger partial charge is 0.329 e. The summed E-state index contributed by atoms with van der Waals surface area (Å²) < 4.78 is 46.7. The minimum atomic E-state index is -2.70. The Morgan fingerprint density at radius 2 is 1.27 bits per heavy atom. The maximum atomic E-state index is 15.3. The van der Waals surface area contributed by atoms with Crippen LogP contribution in [-0.4, -0.2) is 133 Å². The van der Waals surface area contributed by atoms with Crippen molar-refractivity contribution in [3.8, 4) is 0 Å². The third-order valence-corrected chi connectivity index (χ3v) is 31.2. The van der Waals surface area contributed by atoms with Gasteiger partial charge in [0.05, 0.1) is 30.5 Å². The van der Waals surface area contributed by atoms with Crippen molar-refractivity contribution in [2.45, 2.75) is 276 Å². The standard InChI is InChI=1S/C62H109NO12Si2/c1-22-25-49-31-43(14)30-44(15)32-55(70-20)58-56(71-21)34-46(17)62(68,73-58)59(65)60(66)63-29-24-23-26-50(63)61(67)72-57(47(18)53(36-51(49)64)75-77(40(8)9,41(10)11)42(12)13)45(16)33-48-27-28-52(54(35-48)69-19)74-76(37(2)3,38(4)5)39(6)7/h22,31,33,37-42,44,46-50,52-58,68H,1,23-30,32,34-36H2,2-21H3. The van der Waals surface area contributed by atoms with E-state index in [-0.39, 0.29) is 72.3 Å². The molecule has 14 atom stereocenters. The molecule has 1 saturated carbocycles. The summed E-state index contributed by atoms with van der Waals surface area (Å²) in [4.78, 5) is 61.3. The molecule has 3 aliphatic heterocycles. The van der Waals surface area contributed by atoms with Gasteiger partial charge >= 0.3 is 5.97 Å². The number of rotatable bonds is 17. The minimum absolute atomic E-state index is 0.0200. The van der Waals surface area contributed by atoms with E-state index in [4.69, 9.17) is 32.5 Å². The van der Waals surface area contributed by atoms with Crippen molar-refractivity contribution in [2.75, 3.05) is 27.9 Å². The van der Waals surface area contributed by atoms with Gasteiger partial charge in [-0.25, -0.2) is 4.79 Å². The van der Waals surface area contributed by atoms with Gasteiger partial charge in [0.1, 0.15) is 24.0 Å². The third-order valence-electron chi connectivity index (χ3n) is 18.9. The first-order chi connectivity index (χ1) is 36.0. The van der Waals surface area contributed by atoms with E-state index >= 15 is 9.59 Å². The zero-order chi connectivity index (χ0) is 58.1. The molecule has 4 aliphatic rings. The summed E-state index contributed by atoms with van der Waals surface area (Å²) in [6, 6.07) is -1.12. The molecule has 1 N–H and O–H groups in total. The fourth-order valence-electron chi connectivity index (χ4n) is 15.0. The van der Waals surface area contributed by atoms with Gasteiger partial charge in [0.2, 0.25) is 22.4 Å². The van der Waals surface area contributed by atoms with Crippen LogP contribution >= 0.6 is 0 Å². The predicted molar refractivity (Wildman–Crippen MR) is 312 cm³/mol. The highest BCUT2D eigenvalue weighted by molar-refractivity contribution is 6.78. The molecule has 2 saturated heterocycles. The van der Waals surface area contributed by atoms with Crippen LogP contribution < -0.4 is 0 Å². The van der Waals surface area contributed by atoms with Gasteiger partial charge in [-0.1, -0.05) is 128 Å². The molecule has 3 heterocycles. The number of ether oxygens (including phenoxy) is 5. The Hall–Kier alpha value is -2.35. The molecule has 77 heavy (non-hydrogen) atoms. The number of amides is 1. The highest BCUT2D eigenvalue weighted by Gasteiger charge is 2.57. The predicted octanol–water partition coefficient (Wildman–Crippen LogP) is 13.0. The quantitative estimate of drug-likeness (QED) is 0.0637. The monoisotopic (exact) mass is 1120 g/mol. The van der Waals surface area contributed by atoms with Crippen LogP contribution in [0.3, 0.4) is 0 Å². The molecule has 0 aromatic carbocycles. The highest BCUT2D eigenvalue weighted by Crippen LogP contribution is 2.48. The van der Waals surface area contributed by atoms with Gasteiger partial charge in [-0.3, -0.25) is 14.4 Å². The molecule has 15 heteroatoms. The first kappa shape index (κ1) is 67.2. The SMILES string of the molecule is C=CCC1C=C(C)CC(C)CC(OC)C2OC(O)(C(=O)C(=O)N3CCCCC3C(=O)OC(C(C)=CC3CCC(O[Si](C(C)C)(C(C)C)C(C)C)C(OC)C3)C(C)C(O[Si](C(C)C)(C(C)C)C(C)C)CC1=O)C(C)CC2OC. The van der Waals surface area contributed by atoms with Crippen LogP contribution in [0.25, 0.3) is 0 Å². The fourth-order valence-corrected chi connectivity index (χ4v) is 26.3. The summed E-state index contributed by atoms with van der Waals surface area (Å²) in [5, 5.41) is 12.4. The molecule has 1 amide bonds. The van der Waals surface area contributed by atoms with Crippen molar-refractivity contribution in [1.82, 2.24) is 4.90 Å². The zero-order valence-corrected chi connectivity index (χ0v) is 53.8. The summed E-state index contributed by atoms with van der Waals surface area (Å²) in [6.07, 6.45) is 8.03. The first-order valence-corrected chi connectivity index (χ1v) is 34.2. The highest BCUT2D eigenvalue weighted by atomic mass is 28.4. The van der Waals surface area contributed by atoms with Crippen molar-refractivity contribution < 1.29 is 56.8 Å². The summed E-state index contributed by atoms with van der Waals surface area (Å²) in [6.45, 7) is 41.4. The van der Waals surface area contributed by atoms with E-state index in [9.17, 15) is 14.7 Å². The molecule has 0 aromatic rings. The fraction of sp³-hybridized carbons (Fsp3) is 0.839. The largest absolute Gasteiger partial charge is 0.456 e. The number of Topliss-reactive ketones (excluding diaryl/α,β-unsaturated/α-hetero) is 2. The maximum absolute atomic E-state index is 15.3. The molecule has 4 rings (SSSR count). The minimum Gasteiger partial charge on any atom is -0.456 e. The number of esters is 1. The van der Waals surface area contributed by atoms with Crippen molar-refractivity contribution in [2.24, 2.45) is 29.6 Å². The van der Waals surface area contributed by atoms with Gasteiger partial charge in [-0.2, -0.15) is 0 Å². The number of carbonyl (C=O) groups is 4. The molecule has 1 aliphatic carbocycles. The van der Waals surface area contributed by atoms with Crippen LogP contribution in [0.4, 0.5) is 0 Å². The normalized spacial score (nSPS) is 33.7. The van der Waals surface area contributed by atoms with Gasteiger partial charge in [-0.05, 0) is 129 Å². The molecule has 2 bridgehead atoms. The number of nitrogens with zero attached hydrogens (tertiary/aromatic N) is 1. The van der Waals surface area contributed by atoms with E-state index in [0.717, 1.165) is 30.4 Å². The van der Waals surface area contributed by atoms with E-state index < -0.39 is 94.4 Å². The molecule has 14 unspecified atom stereocenters. The topological polar surface area (TPSA) is 156 Å². The Morgan fingerprint density at radius 3 is 1.79 bits per heavy atom. The number of allylic oxidation sites excluding steroid dienone is 4. The van der Waals surface area contributed by atoms with Crippen LogP contribution in [0.15, 0.2) is 36.0 Å². The lowest BCUT2D eigenvalue weighted by atomic mass is 9.81. The number of fused-ring (bicyclic) bond motifs is 3. The number of carbonyl (C=O) groups excluding carboxylic acids is 4. The lowest BCUT2D eigenvalue weighted by Gasteiger charge is -2.47. The number of hydrogen-bond acceptors (Lipinski definition) is 12. The number of piperidine rings is 1. The van der Waals surface area contributed by atoms with Crippen LogP contribution in [-0.2, 0) is 51.7 Å². The maximum Gasteiger partial charge on any atom is 0.329 e. The first-order valence-electron chi connectivity index (χ1n) is 29.9. The van der Waals surface area contributed by atoms with Crippen LogP contribution in [0, 0.1) is 29.6 Å². The molecule has 0 aromatic heterocycles. The number of aliphatic hydroxyl groups is 1. The average molecular weight is 1120 g/mol. The van der Waals surface area contributed by atoms with Gasteiger partial charge in [0.25, 0.3) is 11.7 Å². The van der Waals surface area contributed by atoms with Crippen LogP contribution in [0.1, 0.15) is 188 Å². The zero-order valence-electron chi connectivity index (χ0n) is 51.8. The van der Waals surface area contributed by atoms with Gasteiger partial charge in [-0.15, -0.1) is 6.58 Å². The van der Waals surface area contributed by atoms with Crippen molar-refractivity contribution in [3.63, 3.8) is 0 Å². The number of hydrogen-bond donors (Lipinski definition) is 1. The lowest BCUT2D eigenvalue weighted by Crippen LogP contribution is -2.64. The lowest BCUT2D eigenvalue weighted by molar-refractivity contribution is -0.302. The molecule has 442 valence electrons. The number of cyclic esters (lactones) is 1. The van der Waals surface area contributed by atoms with Crippen molar-refractivity contribution >= 4 is 40.1 Å². The molecular weight excluding hydrogens is 1010 g/mol. The van der Waals surface area contributed by atoms with E-state index in [1.54, 1.807) is 34.3 Å². The van der Waals surface area contributed by atoms with Crippen LogP contribution in [0.2, 0.25) is 33.2 Å². The third kappa shape index (κ3) is 15.2. The second kappa shape index (κ2) is 29.1. The van der Waals surface area contributed by atoms with E-state index in [0.29, 0.717) is 48.7 Å². The molecule has 0 radical (unpaired) electrons. The second-order valence-corrected chi connectivity index (χ2v) is 36.9. The molecule has 0 spiro atoms. The molecule has 3 fully saturated rings. The summed E-state index contributed by atoms with van der Waals surface area (Å²) in [5.41, 5.74) is 3.73. The van der Waals surface area contributed by atoms with E-state index in [1.165, 1.54) is 4.90 Å². The Kier molecular flexibility index (Phi) is 25.4. The van der Waals surface area contributed by atoms with Gasteiger partial charge < -0.3 is 42.5 Å². The second-order valence-electron chi connectivity index (χ2n) is 26.1. The Balaban J connectivity index is 1.95. The van der Waals surface area contributed by atoms with Crippen LogP contribution in [0.5, 0.6) is 0 Å². The Labute approximate surface area is 469 Å². The summed E-state index contributed by atoms with van der Waals surface area (Å²) in [7, 11) is -0.0121. The Morgan fingerprint density at radius 1 is 0.740 bits per heavy atom. The number of ketones is 2. The molecule has 13 nitrogen and oxygen atoms in total. The molecular formula is C62H109NO12Si2. The van der Waals surface area contributed by atoms with E-state index in [1.807, 2.05) is 20.8 Å². The van der Waals surface area contributed by atoms with Crippen molar-refractivity contribution in [1.29, 1.82) is 0 Å². The van der Waals surface area contributed by atoms with Gasteiger partial charge in [0.15, 0.2) is 0 Å². The number of methoxy groups -OCH3 is 3. The van der Waals surface area contributed by atoms with Crippen molar-refractivity contribution in [3.05, 3.63) is 36.0 Å². The average Bonchev–Trinajstić information content (AvgIpc) is 3.36. The van der Waals surface area contributed by atoms with E-state index in [2.05, 4.69) is 109 Å². The Bertz CT molecular complexity index is 1980.